The number of pyridine rings is 1. The molecule has 1 aromatic carbocycles. The number of carbonyl (C=O) groups is 1. The van der Waals surface area contributed by atoms with Crippen molar-refractivity contribution in [1.29, 1.82) is 0 Å². The molecule has 5 heterocycles. The number of ether oxygens (including phenoxy) is 1. The number of hydrogen-bond donors (Lipinski definition) is 1. The molecule has 4 aromatic heterocycles. The molecule has 1 N–H and O–H groups in total. The minimum atomic E-state index is -0.505. The van der Waals surface area contributed by atoms with Crippen LogP contribution < -0.4 is 0 Å². The van der Waals surface area contributed by atoms with Crippen molar-refractivity contribution in [3.63, 3.8) is 0 Å². The molecule has 5 aromatic rings. The lowest BCUT2D eigenvalue weighted by atomic mass is 9.92. The van der Waals surface area contributed by atoms with E-state index in [9.17, 15) is 4.79 Å². The summed E-state index contributed by atoms with van der Waals surface area (Å²) in [6, 6.07) is 8.38. The van der Waals surface area contributed by atoms with Crippen molar-refractivity contribution in [2.24, 2.45) is 0 Å². The number of rotatable bonds is 2. The van der Waals surface area contributed by atoms with Crippen LogP contribution in [0.3, 0.4) is 0 Å². The molecule has 8 nitrogen and oxygen atoms in total. The predicted octanol–water partition coefficient (Wildman–Crippen LogP) is 5.54. The lowest BCUT2D eigenvalue weighted by Crippen LogP contribution is -2.40. The molecular weight excluding hydrogens is 452 g/mol. The van der Waals surface area contributed by atoms with E-state index in [1.807, 2.05) is 49.8 Å². The van der Waals surface area contributed by atoms with Gasteiger partial charge < -0.3 is 19.0 Å². The molecule has 0 aliphatic carbocycles. The largest absolute Gasteiger partial charge is 0.444 e. The van der Waals surface area contributed by atoms with Crippen LogP contribution in [0, 0.1) is 6.92 Å². The van der Waals surface area contributed by atoms with E-state index in [0.29, 0.717) is 13.1 Å². The molecule has 1 aliphatic rings. The van der Waals surface area contributed by atoms with Crippen molar-refractivity contribution >= 4 is 22.9 Å². The van der Waals surface area contributed by atoms with E-state index < -0.39 is 5.60 Å². The molecule has 0 fully saturated rings. The third kappa shape index (κ3) is 3.98. The lowest BCUT2D eigenvalue weighted by molar-refractivity contribution is 0.0223. The van der Waals surface area contributed by atoms with Crippen molar-refractivity contribution in [3.05, 3.63) is 71.9 Å². The Morgan fingerprint density at radius 2 is 2.00 bits per heavy atom. The number of H-pyrrole nitrogens is 1. The average Bonchev–Trinajstić information content (AvgIpc) is 3.48. The van der Waals surface area contributed by atoms with E-state index in [-0.39, 0.29) is 6.09 Å². The summed E-state index contributed by atoms with van der Waals surface area (Å²) in [5.74, 6) is 0. The summed E-state index contributed by atoms with van der Waals surface area (Å²) in [7, 11) is 0. The Morgan fingerprint density at radius 1 is 1.14 bits per heavy atom. The molecule has 0 saturated heterocycles. The Hall–Kier alpha value is -4.20. The van der Waals surface area contributed by atoms with Gasteiger partial charge in [-0.1, -0.05) is 0 Å². The fourth-order valence-corrected chi connectivity index (χ4v) is 4.82. The highest BCUT2D eigenvalue weighted by Crippen LogP contribution is 2.32. The lowest BCUT2D eigenvalue weighted by Gasteiger charge is -2.32. The van der Waals surface area contributed by atoms with Crippen LogP contribution in [0.1, 0.15) is 37.5 Å². The third-order valence-corrected chi connectivity index (χ3v) is 6.59. The molecule has 1 aliphatic heterocycles. The molecule has 0 radical (unpaired) electrons. The van der Waals surface area contributed by atoms with Gasteiger partial charge in [-0.3, -0.25) is 0 Å². The van der Waals surface area contributed by atoms with Gasteiger partial charge in [0.2, 0.25) is 0 Å². The number of hydrogen-bond acceptors (Lipinski definition) is 5. The minimum Gasteiger partial charge on any atom is -0.444 e. The second kappa shape index (κ2) is 8.19. The van der Waals surface area contributed by atoms with E-state index in [4.69, 9.17) is 9.72 Å². The second-order valence-electron chi connectivity index (χ2n) is 10.3. The normalized spacial score (nSPS) is 13.8. The zero-order valence-corrected chi connectivity index (χ0v) is 20.9. The van der Waals surface area contributed by atoms with Gasteiger partial charge in [0.05, 0.1) is 11.9 Å². The Balaban J connectivity index is 1.34. The number of nitrogens with one attached hydrogen (secondary N) is 1. The molecule has 182 valence electrons. The summed E-state index contributed by atoms with van der Waals surface area (Å²) < 4.78 is 7.58. The van der Waals surface area contributed by atoms with Crippen LogP contribution in [0.5, 0.6) is 0 Å². The average molecular weight is 481 g/mol. The Morgan fingerprint density at radius 3 is 2.83 bits per heavy atom. The van der Waals surface area contributed by atoms with Gasteiger partial charge in [-0.25, -0.2) is 19.7 Å². The summed E-state index contributed by atoms with van der Waals surface area (Å²) >= 11 is 0. The van der Waals surface area contributed by atoms with Gasteiger partial charge in [-0.2, -0.15) is 0 Å². The van der Waals surface area contributed by atoms with Gasteiger partial charge in [0, 0.05) is 54.6 Å². The van der Waals surface area contributed by atoms with E-state index in [1.165, 1.54) is 11.1 Å². The predicted molar refractivity (Wildman–Crippen MR) is 139 cm³/mol. The van der Waals surface area contributed by atoms with Gasteiger partial charge in [0.15, 0.2) is 5.65 Å². The van der Waals surface area contributed by atoms with E-state index >= 15 is 0 Å². The van der Waals surface area contributed by atoms with Gasteiger partial charge in [0.1, 0.15) is 16.8 Å². The van der Waals surface area contributed by atoms with Gasteiger partial charge >= 0.3 is 6.09 Å². The van der Waals surface area contributed by atoms with Crippen LogP contribution >= 0.6 is 0 Å². The number of fused-ring (bicyclic) bond motifs is 3. The summed E-state index contributed by atoms with van der Waals surface area (Å²) in [6.07, 6.45) is 10.1. The third-order valence-electron chi connectivity index (χ3n) is 6.59. The number of nitrogens with zero attached hydrogens (tertiary/aromatic N) is 5. The van der Waals surface area contributed by atoms with Crippen LogP contribution in [0.15, 0.2) is 55.2 Å². The highest BCUT2D eigenvalue weighted by Gasteiger charge is 2.27. The first-order chi connectivity index (χ1) is 17.2. The molecule has 0 atom stereocenters. The van der Waals surface area contributed by atoms with Gasteiger partial charge in [0.25, 0.3) is 0 Å². The zero-order chi connectivity index (χ0) is 25.0. The van der Waals surface area contributed by atoms with Crippen molar-refractivity contribution < 1.29 is 9.53 Å². The topological polar surface area (TPSA) is 88.4 Å². The minimum absolute atomic E-state index is 0.262. The fraction of sp³-hybridized carbons (Fsp3) is 0.286. The number of carbonyl (C=O) groups excluding carboxylic acids is 1. The van der Waals surface area contributed by atoms with Crippen molar-refractivity contribution in [3.8, 4) is 22.4 Å². The Kier molecular flexibility index (Phi) is 5.07. The highest BCUT2D eigenvalue weighted by atomic mass is 16.6. The highest BCUT2D eigenvalue weighted by molar-refractivity contribution is 5.91. The molecule has 0 saturated carbocycles. The summed E-state index contributed by atoms with van der Waals surface area (Å²) in [5.41, 5.74) is 9.44. The fourth-order valence-electron chi connectivity index (χ4n) is 4.82. The smallest absolute Gasteiger partial charge is 0.410 e. The summed E-state index contributed by atoms with van der Waals surface area (Å²) in [6.45, 7) is 8.96. The number of aromatic nitrogens is 5. The Labute approximate surface area is 209 Å². The van der Waals surface area contributed by atoms with Crippen molar-refractivity contribution in [2.75, 3.05) is 6.54 Å². The number of aromatic amines is 1. The maximum Gasteiger partial charge on any atom is 0.410 e. The number of benzene rings is 1. The molecule has 0 bridgehead atoms. The van der Waals surface area contributed by atoms with Crippen molar-refractivity contribution in [1.82, 2.24) is 29.2 Å². The van der Waals surface area contributed by atoms with E-state index in [0.717, 1.165) is 51.2 Å². The zero-order valence-electron chi connectivity index (χ0n) is 20.9. The number of imidazole rings is 1. The molecular formula is C28H28N6O2. The molecule has 0 spiro atoms. The van der Waals surface area contributed by atoms with Crippen molar-refractivity contribution in [2.45, 2.75) is 46.3 Å². The van der Waals surface area contributed by atoms with E-state index in [1.54, 1.807) is 11.1 Å². The van der Waals surface area contributed by atoms with Crippen LogP contribution in [-0.4, -0.2) is 47.5 Å². The Bertz CT molecular complexity index is 1620. The molecule has 8 heteroatoms. The monoisotopic (exact) mass is 480 g/mol. The SMILES string of the molecule is Cc1cc(-c2cnc3[nH]cc(-c4ccc5nccn5c4)c3n2)cc2c1CN(C(=O)OC(C)(C)C)CC2. The summed E-state index contributed by atoms with van der Waals surface area (Å²) in [5, 5.41) is 0. The second-order valence-corrected chi connectivity index (χ2v) is 10.3. The van der Waals surface area contributed by atoms with Gasteiger partial charge in [-0.15, -0.1) is 0 Å². The van der Waals surface area contributed by atoms with Gasteiger partial charge in [-0.05, 0) is 75.1 Å². The molecule has 1 amide bonds. The number of amides is 1. The van der Waals surface area contributed by atoms with Crippen LogP contribution in [0.2, 0.25) is 0 Å². The molecule has 36 heavy (non-hydrogen) atoms. The van der Waals surface area contributed by atoms with E-state index in [2.05, 4.69) is 46.3 Å². The molecule has 6 rings (SSSR count). The molecule has 0 unspecified atom stereocenters. The first-order valence-corrected chi connectivity index (χ1v) is 12.1. The maximum absolute atomic E-state index is 12.6. The quantitative estimate of drug-likeness (QED) is 0.358. The standard InChI is InChI=1S/C28H28N6O2/c1-17-11-20(12-18-7-9-34(16-22(17)18)27(35)36-28(2,3)4)23-14-31-26-25(32-23)21(13-30-26)19-5-6-24-29-8-10-33(24)15-19/h5-6,8,10-15H,7,9,16H2,1-4H3,(H,30,31). The first kappa shape index (κ1) is 22.3. The summed E-state index contributed by atoms with van der Waals surface area (Å²) in [4.78, 5) is 31.7. The first-order valence-electron chi connectivity index (χ1n) is 12.1. The van der Waals surface area contributed by atoms with Crippen LogP contribution in [-0.2, 0) is 17.7 Å². The van der Waals surface area contributed by atoms with Crippen LogP contribution in [0.25, 0.3) is 39.2 Å². The maximum atomic E-state index is 12.6. The van der Waals surface area contributed by atoms with Crippen LogP contribution in [0.4, 0.5) is 4.79 Å². The number of aryl methyl sites for hydroxylation is 1.